The molecule has 1 aliphatic rings. The topological polar surface area (TPSA) is 96.7 Å². The van der Waals surface area contributed by atoms with E-state index in [1.54, 1.807) is 0 Å². The Labute approximate surface area is 87.6 Å². The summed E-state index contributed by atoms with van der Waals surface area (Å²) in [4.78, 5) is 11.5. The third kappa shape index (κ3) is 2.53. The Hall–Kier alpha value is -1.43. The fraction of sp³-hybridized carbons (Fsp3) is 0.667. The van der Waals surface area contributed by atoms with Crippen LogP contribution < -0.4 is 11.1 Å². The van der Waals surface area contributed by atoms with Crippen molar-refractivity contribution in [3.05, 3.63) is 11.9 Å². The number of carbonyl (C=O) groups is 1. The zero-order valence-corrected chi connectivity index (χ0v) is 8.44. The number of carbonyl (C=O) groups excluding carboxylic acids is 1. The molecular weight excluding hydrogens is 194 g/mol. The third-order valence-corrected chi connectivity index (χ3v) is 2.78. The van der Waals surface area contributed by atoms with Crippen molar-refractivity contribution in [3.8, 4) is 0 Å². The minimum absolute atomic E-state index is 0.177. The zero-order valence-electron chi connectivity index (χ0n) is 8.44. The van der Waals surface area contributed by atoms with Crippen LogP contribution in [0, 0.1) is 5.92 Å². The maximum absolute atomic E-state index is 11.5. The van der Waals surface area contributed by atoms with Crippen LogP contribution in [0.3, 0.4) is 0 Å². The first kappa shape index (κ1) is 10.1. The monoisotopic (exact) mass is 209 g/mol. The molecule has 1 amide bonds. The molecule has 2 atom stereocenters. The number of nitrogens with zero attached hydrogens (tertiary/aromatic N) is 2. The van der Waals surface area contributed by atoms with Gasteiger partial charge in [-0.05, 0) is 25.2 Å². The Kier molecular flexibility index (Phi) is 2.96. The van der Waals surface area contributed by atoms with Crippen molar-refractivity contribution < 1.29 is 4.79 Å². The van der Waals surface area contributed by atoms with Crippen LogP contribution in [0.1, 0.15) is 29.8 Å². The molecule has 1 saturated carbocycles. The Morgan fingerprint density at radius 1 is 1.67 bits per heavy atom. The number of H-pyrrole nitrogens is 1. The Balaban J connectivity index is 1.76. The summed E-state index contributed by atoms with van der Waals surface area (Å²) in [7, 11) is 0. The van der Waals surface area contributed by atoms with Gasteiger partial charge in [0.15, 0.2) is 5.69 Å². The number of aromatic nitrogens is 3. The molecule has 2 unspecified atom stereocenters. The van der Waals surface area contributed by atoms with Crippen molar-refractivity contribution in [3.63, 3.8) is 0 Å². The van der Waals surface area contributed by atoms with Crippen LogP contribution in [0.25, 0.3) is 0 Å². The van der Waals surface area contributed by atoms with Gasteiger partial charge in [0.05, 0.1) is 6.20 Å². The van der Waals surface area contributed by atoms with Gasteiger partial charge >= 0.3 is 0 Å². The molecule has 15 heavy (non-hydrogen) atoms. The van der Waals surface area contributed by atoms with Gasteiger partial charge in [-0.3, -0.25) is 4.79 Å². The first-order valence-corrected chi connectivity index (χ1v) is 5.15. The summed E-state index contributed by atoms with van der Waals surface area (Å²) in [6.45, 7) is 0.680. The van der Waals surface area contributed by atoms with Crippen LogP contribution in [0.15, 0.2) is 6.20 Å². The SMILES string of the molecule is NC1CCC(CNC(=O)c2cn[nH]n2)C1. The van der Waals surface area contributed by atoms with Gasteiger partial charge in [-0.2, -0.15) is 15.4 Å². The molecule has 1 aromatic heterocycles. The van der Waals surface area contributed by atoms with Crippen LogP contribution in [0.2, 0.25) is 0 Å². The Bertz CT molecular complexity index is 323. The second-order valence-corrected chi connectivity index (χ2v) is 4.00. The van der Waals surface area contributed by atoms with E-state index in [1.165, 1.54) is 6.20 Å². The number of nitrogens with one attached hydrogen (secondary N) is 2. The predicted molar refractivity (Wildman–Crippen MR) is 54.0 cm³/mol. The van der Waals surface area contributed by atoms with Gasteiger partial charge in [-0.25, -0.2) is 0 Å². The van der Waals surface area contributed by atoms with Gasteiger partial charge in [0.2, 0.25) is 0 Å². The van der Waals surface area contributed by atoms with Crippen molar-refractivity contribution in [1.82, 2.24) is 20.7 Å². The number of hydrogen-bond acceptors (Lipinski definition) is 4. The first-order chi connectivity index (χ1) is 7.25. The number of aromatic amines is 1. The van der Waals surface area contributed by atoms with Crippen LogP contribution >= 0.6 is 0 Å². The smallest absolute Gasteiger partial charge is 0.273 e. The molecule has 0 bridgehead atoms. The van der Waals surface area contributed by atoms with Gasteiger partial charge in [-0.15, -0.1) is 0 Å². The van der Waals surface area contributed by atoms with E-state index in [-0.39, 0.29) is 5.91 Å². The summed E-state index contributed by atoms with van der Waals surface area (Å²) >= 11 is 0. The summed E-state index contributed by atoms with van der Waals surface area (Å²) in [5.74, 6) is 0.333. The van der Waals surface area contributed by atoms with E-state index in [0.717, 1.165) is 19.3 Å². The molecule has 1 heterocycles. The molecule has 0 aromatic carbocycles. The summed E-state index contributed by atoms with van der Waals surface area (Å²) in [5, 5.41) is 12.5. The summed E-state index contributed by atoms with van der Waals surface area (Å²) in [6.07, 6.45) is 4.57. The van der Waals surface area contributed by atoms with Gasteiger partial charge in [0, 0.05) is 12.6 Å². The first-order valence-electron chi connectivity index (χ1n) is 5.15. The van der Waals surface area contributed by atoms with E-state index in [9.17, 15) is 4.79 Å². The lowest BCUT2D eigenvalue weighted by Gasteiger charge is -2.09. The molecule has 0 spiro atoms. The highest BCUT2D eigenvalue weighted by atomic mass is 16.1. The third-order valence-electron chi connectivity index (χ3n) is 2.78. The molecule has 0 radical (unpaired) electrons. The molecule has 1 aliphatic carbocycles. The maximum Gasteiger partial charge on any atom is 0.273 e. The largest absolute Gasteiger partial charge is 0.350 e. The van der Waals surface area contributed by atoms with Crippen molar-refractivity contribution in [2.45, 2.75) is 25.3 Å². The van der Waals surface area contributed by atoms with Crippen LogP contribution in [-0.4, -0.2) is 33.9 Å². The maximum atomic E-state index is 11.5. The van der Waals surface area contributed by atoms with Gasteiger partial charge < -0.3 is 11.1 Å². The number of amides is 1. The molecule has 6 heteroatoms. The summed E-state index contributed by atoms with van der Waals surface area (Å²) in [6, 6.07) is 0.305. The average molecular weight is 209 g/mol. The van der Waals surface area contributed by atoms with Gasteiger partial charge in [-0.1, -0.05) is 0 Å². The highest BCUT2D eigenvalue weighted by Gasteiger charge is 2.22. The molecule has 6 nitrogen and oxygen atoms in total. The van der Waals surface area contributed by atoms with Crippen LogP contribution in [0.5, 0.6) is 0 Å². The molecule has 2 rings (SSSR count). The van der Waals surface area contributed by atoms with Crippen LogP contribution in [0.4, 0.5) is 0 Å². The lowest BCUT2D eigenvalue weighted by molar-refractivity contribution is 0.0942. The molecule has 82 valence electrons. The van der Waals surface area contributed by atoms with Crippen molar-refractivity contribution in [1.29, 1.82) is 0 Å². The minimum Gasteiger partial charge on any atom is -0.350 e. The molecular formula is C9H15N5O. The normalized spacial score (nSPS) is 25.4. The van der Waals surface area contributed by atoms with Crippen molar-refractivity contribution in [2.75, 3.05) is 6.54 Å². The van der Waals surface area contributed by atoms with Gasteiger partial charge in [0.25, 0.3) is 5.91 Å². The van der Waals surface area contributed by atoms with Crippen LogP contribution in [-0.2, 0) is 0 Å². The van der Waals surface area contributed by atoms with Crippen molar-refractivity contribution in [2.24, 2.45) is 11.7 Å². The Morgan fingerprint density at radius 2 is 2.53 bits per heavy atom. The summed E-state index contributed by atoms with van der Waals surface area (Å²) < 4.78 is 0. The highest BCUT2D eigenvalue weighted by Crippen LogP contribution is 2.23. The molecule has 1 fully saturated rings. The zero-order chi connectivity index (χ0) is 10.7. The quantitative estimate of drug-likeness (QED) is 0.634. The molecule has 0 aliphatic heterocycles. The highest BCUT2D eigenvalue weighted by molar-refractivity contribution is 5.91. The van der Waals surface area contributed by atoms with E-state index in [2.05, 4.69) is 20.7 Å². The number of hydrogen-bond donors (Lipinski definition) is 3. The fourth-order valence-corrected chi connectivity index (χ4v) is 1.94. The van der Waals surface area contributed by atoms with E-state index in [1.807, 2.05) is 0 Å². The number of nitrogens with two attached hydrogens (primary N) is 1. The second-order valence-electron chi connectivity index (χ2n) is 4.00. The van der Waals surface area contributed by atoms with E-state index in [0.29, 0.717) is 24.2 Å². The lowest BCUT2D eigenvalue weighted by atomic mass is 10.1. The van der Waals surface area contributed by atoms with E-state index >= 15 is 0 Å². The standard InChI is InChI=1S/C9H15N5O/c10-7-2-1-6(3-7)4-11-9(15)8-5-12-14-13-8/h5-7H,1-4,10H2,(H,11,15)(H,12,13,14). The lowest BCUT2D eigenvalue weighted by Crippen LogP contribution is -2.29. The minimum atomic E-state index is -0.177. The average Bonchev–Trinajstić information content (AvgIpc) is 2.84. The second kappa shape index (κ2) is 4.39. The predicted octanol–water partition coefficient (Wildman–Crippen LogP) is -0.338. The molecule has 4 N–H and O–H groups in total. The Morgan fingerprint density at radius 3 is 3.13 bits per heavy atom. The van der Waals surface area contributed by atoms with E-state index < -0.39 is 0 Å². The molecule has 1 aromatic rings. The number of rotatable bonds is 3. The summed E-state index contributed by atoms with van der Waals surface area (Å²) in [5.41, 5.74) is 6.12. The van der Waals surface area contributed by atoms with Gasteiger partial charge in [0.1, 0.15) is 0 Å². The fourth-order valence-electron chi connectivity index (χ4n) is 1.94. The van der Waals surface area contributed by atoms with E-state index in [4.69, 9.17) is 5.73 Å². The molecule has 0 saturated heterocycles. The van der Waals surface area contributed by atoms with Crippen molar-refractivity contribution >= 4 is 5.91 Å².